The van der Waals surface area contributed by atoms with Crippen molar-refractivity contribution >= 4 is 5.91 Å². The molecule has 0 aromatic rings. The fourth-order valence-electron chi connectivity index (χ4n) is 6.40. The van der Waals surface area contributed by atoms with Crippen LogP contribution in [0.15, 0.2) is 23.9 Å². The molecule has 1 saturated carbocycles. The van der Waals surface area contributed by atoms with E-state index in [4.69, 9.17) is 5.73 Å². The number of nitrogens with one attached hydrogen (secondary N) is 1. The van der Waals surface area contributed by atoms with Crippen molar-refractivity contribution in [1.29, 1.82) is 0 Å². The van der Waals surface area contributed by atoms with Crippen molar-refractivity contribution < 1.29 is 4.79 Å². The molecule has 4 aliphatic rings. The summed E-state index contributed by atoms with van der Waals surface area (Å²) in [5.41, 5.74) is 7.24. The zero-order valence-electron chi connectivity index (χ0n) is 18.7. The van der Waals surface area contributed by atoms with Crippen molar-refractivity contribution in [1.82, 2.24) is 15.1 Å². The molecule has 3 aliphatic heterocycles. The van der Waals surface area contributed by atoms with Gasteiger partial charge in [0.1, 0.15) is 0 Å². The summed E-state index contributed by atoms with van der Waals surface area (Å²) in [7, 11) is 0. The fraction of sp³-hybridized carbons (Fsp3) is 0.800. The van der Waals surface area contributed by atoms with Gasteiger partial charge in [-0.25, -0.2) is 0 Å². The maximum atomic E-state index is 12.1. The first-order valence-electron chi connectivity index (χ1n) is 12.6. The van der Waals surface area contributed by atoms with Gasteiger partial charge in [-0.15, -0.1) is 0 Å². The molecule has 5 unspecified atom stereocenters. The highest BCUT2D eigenvalue weighted by atomic mass is 16.1. The quantitative estimate of drug-likeness (QED) is 0.691. The maximum absolute atomic E-state index is 12.1. The van der Waals surface area contributed by atoms with Gasteiger partial charge in [-0.1, -0.05) is 50.7 Å². The molecule has 0 aromatic carbocycles. The highest BCUT2D eigenvalue weighted by molar-refractivity contribution is 5.80. The third-order valence-corrected chi connectivity index (χ3v) is 8.06. The number of rotatable bonds is 1. The first kappa shape index (κ1) is 21.9. The summed E-state index contributed by atoms with van der Waals surface area (Å²) in [6, 6.07) is -0.0914. The van der Waals surface area contributed by atoms with Crippen LogP contribution in [-0.2, 0) is 4.79 Å². The third-order valence-electron chi connectivity index (χ3n) is 8.06. The summed E-state index contributed by atoms with van der Waals surface area (Å²) in [6.45, 7) is 6.22. The normalized spacial score (nSPS) is 36.3. The molecule has 4 rings (SSSR count). The van der Waals surface area contributed by atoms with Gasteiger partial charge in [0, 0.05) is 38.4 Å². The third kappa shape index (κ3) is 5.67. The Labute approximate surface area is 183 Å². The number of primary amides is 1. The topological polar surface area (TPSA) is 61.6 Å². The Balaban J connectivity index is 1.40. The average Bonchev–Trinajstić information content (AvgIpc) is 3.35. The number of nitrogens with two attached hydrogens (primary N) is 1. The van der Waals surface area contributed by atoms with Crippen LogP contribution in [0.4, 0.5) is 0 Å². The van der Waals surface area contributed by atoms with E-state index in [0.29, 0.717) is 5.92 Å². The first-order chi connectivity index (χ1) is 14.7. The second kappa shape index (κ2) is 10.8. The standard InChI is InChI=1S/C25H42N4O/c26-25(30)24-18-20-17-23-10-3-5-15-28(23)14-4-1-2-7-21-8-6-9-22(21)11-12-27-13-16-29(24)19-20/h3,5,10,20-22,24,27H,1-2,4,6-9,11-19H2,(H2,26,30). The molecular formula is C25H42N4O. The molecule has 5 nitrogen and oxygen atoms in total. The molecule has 0 spiro atoms. The highest BCUT2D eigenvalue weighted by Gasteiger charge is 2.36. The molecule has 0 radical (unpaired) electrons. The molecule has 30 heavy (non-hydrogen) atoms. The van der Waals surface area contributed by atoms with Crippen LogP contribution in [0.25, 0.3) is 0 Å². The zero-order valence-corrected chi connectivity index (χ0v) is 18.7. The van der Waals surface area contributed by atoms with E-state index in [-0.39, 0.29) is 11.9 Å². The minimum atomic E-state index is -0.147. The zero-order chi connectivity index (χ0) is 20.8. The maximum Gasteiger partial charge on any atom is 0.234 e. The largest absolute Gasteiger partial charge is 0.371 e. The van der Waals surface area contributed by atoms with Crippen molar-refractivity contribution in [2.45, 2.75) is 70.3 Å². The smallest absolute Gasteiger partial charge is 0.234 e. The molecule has 3 fully saturated rings. The highest BCUT2D eigenvalue weighted by Crippen LogP contribution is 2.37. The van der Waals surface area contributed by atoms with Crippen LogP contribution in [0.2, 0.25) is 0 Å². The molecule has 1 aliphatic carbocycles. The van der Waals surface area contributed by atoms with E-state index >= 15 is 0 Å². The minimum absolute atomic E-state index is 0.0914. The number of carbonyl (C=O) groups excluding carboxylic acids is 1. The van der Waals surface area contributed by atoms with Crippen molar-refractivity contribution in [3.8, 4) is 0 Å². The molecule has 0 aromatic heterocycles. The van der Waals surface area contributed by atoms with Crippen LogP contribution >= 0.6 is 0 Å². The predicted molar refractivity (Wildman–Crippen MR) is 123 cm³/mol. The van der Waals surface area contributed by atoms with Gasteiger partial charge in [0.05, 0.1) is 6.04 Å². The summed E-state index contributed by atoms with van der Waals surface area (Å²) in [4.78, 5) is 17.0. The molecule has 2 saturated heterocycles. The van der Waals surface area contributed by atoms with E-state index in [2.05, 4.69) is 33.3 Å². The van der Waals surface area contributed by atoms with Crippen molar-refractivity contribution in [3.05, 3.63) is 23.9 Å². The lowest BCUT2D eigenvalue weighted by Crippen LogP contribution is -2.43. The lowest BCUT2D eigenvalue weighted by molar-refractivity contribution is -0.122. The molecule has 1 amide bonds. The summed E-state index contributed by atoms with van der Waals surface area (Å²) in [6.07, 6.45) is 19.9. The van der Waals surface area contributed by atoms with Gasteiger partial charge >= 0.3 is 0 Å². The predicted octanol–water partition coefficient (Wildman–Crippen LogP) is 3.28. The summed E-state index contributed by atoms with van der Waals surface area (Å²) >= 11 is 0. The Morgan fingerprint density at radius 3 is 2.70 bits per heavy atom. The van der Waals surface area contributed by atoms with Crippen LogP contribution < -0.4 is 11.1 Å². The number of nitrogens with zero attached hydrogens (tertiary/aromatic N) is 2. The number of allylic oxidation sites excluding steroid dienone is 3. The van der Waals surface area contributed by atoms with Crippen molar-refractivity contribution in [3.63, 3.8) is 0 Å². The fourth-order valence-corrected chi connectivity index (χ4v) is 6.40. The van der Waals surface area contributed by atoms with Gasteiger partial charge in [0.2, 0.25) is 5.91 Å². The number of amides is 1. The first-order valence-corrected chi connectivity index (χ1v) is 12.6. The minimum Gasteiger partial charge on any atom is -0.371 e. The van der Waals surface area contributed by atoms with E-state index in [1.807, 2.05) is 0 Å². The lowest BCUT2D eigenvalue weighted by atomic mass is 9.88. The molecule has 5 heteroatoms. The van der Waals surface area contributed by atoms with E-state index in [1.165, 1.54) is 63.6 Å². The lowest BCUT2D eigenvalue weighted by Gasteiger charge is -2.30. The van der Waals surface area contributed by atoms with Crippen molar-refractivity contribution in [2.75, 3.05) is 39.3 Å². The van der Waals surface area contributed by atoms with Crippen LogP contribution in [0.3, 0.4) is 0 Å². The van der Waals surface area contributed by atoms with Crippen molar-refractivity contribution in [2.24, 2.45) is 23.5 Å². The van der Waals surface area contributed by atoms with Crippen LogP contribution in [0, 0.1) is 17.8 Å². The monoisotopic (exact) mass is 414 g/mol. The van der Waals surface area contributed by atoms with E-state index < -0.39 is 0 Å². The summed E-state index contributed by atoms with van der Waals surface area (Å²) in [5, 5.41) is 3.67. The summed E-state index contributed by atoms with van der Waals surface area (Å²) in [5.74, 6) is 2.26. The Morgan fingerprint density at radius 1 is 1.00 bits per heavy atom. The Kier molecular flexibility index (Phi) is 7.89. The van der Waals surface area contributed by atoms with Crippen LogP contribution in [0.1, 0.15) is 64.2 Å². The molecule has 5 atom stereocenters. The molecule has 168 valence electrons. The average molecular weight is 415 g/mol. The Bertz CT molecular complexity index is 631. The second-order valence-corrected chi connectivity index (χ2v) is 10.1. The van der Waals surface area contributed by atoms with Gasteiger partial charge in [-0.3, -0.25) is 9.69 Å². The van der Waals surface area contributed by atoms with Gasteiger partial charge in [0.25, 0.3) is 0 Å². The van der Waals surface area contributed by atoms with E-state index in [1.54, 1.807) is 0 Å². The van der Waals surface area contributed by atoms with Gasteiger partial charge in [-0.2, -0.15) is 0 Å². The van der Waals surface area contributed by atoms with Crippen LogP contribution in [0.5, 0.6) is 0 Å². The molecule has 3 heterocycles. The van der Waals surface area contributed by atoms with Gasteiger partial charge in [0.15, 0.2) is 0 Å². The van der Waals surface area contributed by atoms with Gasteiger partial charge < -0.3 is 16.0 Å². The second-order valence-electron chi connectivity index (χ2n) is 10.1. The number of carbonyl (C=O) groups is 1. The number of fused-ring (bicyclic) bond motifs is 4. The number of hydrogen-bond donors (Lipinski definition) is 2. The molecular weight excluding hydrogens is 372 g/mol. The summed E-state index contributed by atoms with van der Waals surface area (Å²) < 4.78 is 0. The van der Waals surface area contributed by atoms with E-state index in [0.717, 1.165) is 57.4 Å². The SMILES string of the molecule is NC(=O)C1CC2CC3=CC=CCN3CCCCCC3CCCC3CCNCCN1C2. The van der Waals surface area contributed by atoms with Crippen LogP contribution in [-0.4, -0.2) is 61.0 Å². The van der Waals surface area contributed by atoms with Gasteiger partial charge in [-0.05, 0) is 56.1 Å². The Morgan fingerprint density at radius 2 is 1.83 bits per heavy atom. The molecule has 2 bridgehead atoms. The number of hydrogen-bond acceptors (Lipinski definition) is 4. The molecule has 3 N–H and O–H groups in total. The Hall–Kier alpha value is -1.33. The van der Waals surface area contributed by atoms with E-state index in [9.17, 15) is 4.79 Å².